The Morgan fingerprint density at radius 3 is 2.67 bits per heavy atom. The second-order valence-corrected chi connectivity index (χ2v) is 4.95. The molecule has 0 aromatic carbocycles. The molecule has 0 spiro atoms. The normalized spacial score (nSPS) is 35.6. The molecule has 2 aliphatic heterocycles. The predicted octanol–water partition coefficient (Wildman–Crippen LogP) is 1.37. The quantitative estimate of drug-likeness (QED) is 0.751. The van der Waals surface area contributed by atoms with Gasteiger partial charge in [0.1, 0.15) is 0 Å². The fourth-order valence-electron chi connectivity index (χ4n) is 2.76. The minimum Gasteiger partial charge on any atom is -0.378 e. The van der Waals surface area contributed by atoms with Crippen LogP contribution < -0.4 is 5.73 Å². The molecule has 88 valence electrons. The van der Waals surface area contributed by atoms with Gasteiger partial charge in [-0.15, -0.1) is 0 Å². The van der Waals surface area contributed by atoms with Crippen LogP contribution >= 0.6 is 0 Å². The minimum atomic E-state index is 0.447. The Morgan fingerprint density at radius 1 is 1.27 bits per heavy atom. The lowest BCUT2D eigenvalue weighted by molar-refractivity contribution is -0.0325. The van der Waals surface area contributed by atoms with Gasteiger partial charge in [-0.2, -0.15) is 0 Å². The number of rotatable bonds is 2. The van der Waals surface area contributed by atoms with Crippen molar-refractivity contribution in [3.63, 3.8) is 0 Å². The van der Waals surface area contributed by atoms with Gasteiger partial charge < -0.3 is 15.4 Å². The van der Waals surface area contributed by atoms with E-state index in [4.69, 9.17) is 10.5 Å². The molecule has 0 aliphatic carbocycles. The Labute approximate surface area is 93.0 Å². The smallest absolute Gasteiger partial charge is 0.0587 e. The highest BCUT2D eigenvalue weighted by molar-refractivity contribution is 4.83. The van der Waals surface area contributed by atoms with Crippen molar-refractivity contribution in [1.29, 1.82) is 0 Å². The molecule has 15 heavy (non-hydrogen) atoms. The molecule has 0 saturated carbocycles. The van der Waals surface area contributed by atoms with Crippen LogP contribution in [0.1, 0.15) is 39.0 Å². The molecule has 2 rings (SSSR count). The number of likely N-dealkylation sites (tertiary alicyclic amines) is 1. The van der Waals surface area contributed by atoms with Gasteiger partial charge in [-0.1, -0.05) is 6.92 Å². The fourth-order valence-corrected chi connectivity index (χ4v) is 2.76. The van der Waals surface area contributed by atoms with Crippen LogP contribution in [0.2, 0.25) is 0 Å². The zero-order valence-corrected chi connectivity index (χ0v) is 9.82. The summed E-state index contributed by atoms with van der Waals surface area (Å²) in [7, 11) is 0. The topological polar surface area (TPSA) is 38.5 Å². The second-order valence-electron chi connectivity index (χ2n) is 4.95. The lowest BCUT2D eigenvalue weighted by Gasteiger charge is -2.40. The Bertz CT molecular complexity index is 190. The molecule has 2 unspecified atom stereocenters. The first-order valence-electron chi connectivity index (χ1n) is 6.40. The molecular formula is C12H24N2O. The van der Waals surface area contributed by atoms with E-state index in [1.54, 1.807) is 0 Å². The van der Waals surface area contributed by atoms with Crippen molar-refractivity contribution in [1.82, 2.24) is 4.90 Å². The van der Waals surface area contributed by atoms with Gasteiger partial charge in [0.05, 0.1) is 6.10 Å². The van der Waals surface area contributed by atoms with Crippen LogP contribution in [0.25, 0.3) is 0 Å². The van der Waals surface area contributed by atoms with E-state index in [9.17, 15) is 0 Å². The van der Waals surface area contributed by atoms with Crippen LogP contribution in [0.3, 0.4) is 0 Å². The number of ether oxygens (including phenoxy) is 1. The van der Waals surface area contributed by atoms with Crippen LogP contribution in [-0.4, -0.2) is 42.8 Å². The summed E-state index contributed by atoms with van der Waals surface area (Å²) in [5.74, 6) is 0. The highest BCUT2D eigenvalue weighted by Crippen LogP contribution is 2.23. The number of nitrogens with two attached hydrogens (primary N) is 1. The maximum absolute atomic E-state index is 5.93. The molecule has 2 saturated heterocycles. The molecule has 0 radical (unpaired) electrons. The van der Waals surface area contributed by atoms with E-state index in [0.717, 1.165) is 19.1 Å². The average molecular weight is 212 g/mol. The number of hydrogen-bond donors (Lipinski definition) is 1. The first-order valence-corrected chi connectivity index (χ1v) is 6.40. The van der Waals surface area contributed by atoms with Gasteiger partial charge in [0.25, 0.3) is 0 Å². The van der Waals surface area contributed by atoms with E-state index in [-0.39, 0.29) is 0 Å². The molecule has 3 heteroatoms. The van der Waals surface area contributed by atoms with Gasteiger partial charge in [-0.25, -0.2) is 0 Å². The van der Waals surface area contributed by atoms with E-state index in [2.05, 4.69) is 11.8 Å². The molecule has 2 aliphatic rings. The van der Waals surface area contributed by atoms with Gasteiger partial charge in [0.15, 0.2) is 0 Å². The average Bonchev–Trinajstić information content (AvgIpc) is 2.30. The number of hydrogen-bond acceptors (Lipinski definition) is 3. The molecular weight excluding hydrogens is 188 g/mol. The van der Waals surface area contributed by atoms with Crippen LogP contribution in [0, 0.1) is 0 Å². The lowest BCUT2D eigenvalue weighted by atomic mass is 9.96. The van der Waals surface area contributed by atoms with Crippen molar-refractivity contribution in [2.75, 3.05) is 19.7 Å². The first-order chi connectivity index (χ1) is 7.29. The highest BCUT2D eigenvalue weighted by Gasteiger charge is 2.28. The highest BCUT2D eigenvalue weighted by atomic mass is 16.5. The van der Waals surface area contributed by atoms with Gasteiger partial charge >= 0.3 is 0 Å². The standard InChI is InChI=1S/C12H24N2O/c1-2-12-9-11(5-8-15-12)14-6-3-10(13)4-7-14/h10-12H,2-9,13H2,1H3. The maximum atomic E-state index is 5.93. The van der Waals surface area contributed by atoms with Crippen molar-refractivity contribution in [2.45, 2.75) is 57.2 Å². The van der Waals surface area contributed by atoms with Crippen LogP contribution in [0.15, 0.2) is 0 Å². The Balaban J connectivity index is 1.82. The largest absolute Gasteiger partial charge is 0.378 e. The van der Waals surface area contributed by atoms with Crippen LogP contribution in [-0.2, 0) is 4.74 Å². The Hall–Kier alpha value is -0.120. The van der Waals surface area contributed by atoms with Gasteiger partial charge in [-0.3, -0.25) is 0 Å². The Morgan fingerprint density at radius 2 is 2.00 bits per heavy atom. The minimum absolute atomic E-state index is 0.447. The summed E-state index contributed by atoms with van der Waals surface area (Å²) in [4.78, 5) is 2.63. The molecule has 2 atom stereocenters. The van der Waals surface area contributed by atoms with Crippen LogP contribution in [0.5, 0.6) is 0 Å². The number of piperidine rings is 1. The van der Waals surface area contributed by atoms with Crippen molar-refractivity contribution >= 4 is 0 Å². The van der Waals surface area contributed by atoms with Crippen molar-refractivity contribution in [2.24, 2.45) is 5.73 Å². The molecule has 3 nitrogen and oxygen atoms in total. The summed E-state index contributed by atoms with van der Waals surface area (Å²) >= 11 is 0. The monoisotopic (exact) mass is 212 g/mol. The molecule has 0 aromatic rings. The summed E-state index contributed by atoms with van der Waals surface area (Å²) < 4.78 is 5.72. The lowest BCUT2D eigenvalue weighted by Crippen LogP contribution is -2.48. The maximum Gasteiger partial charge on any atom is 0.0587 e. The molecule has 0 bridgehead atoms. The molecule has 0 aromatic heterocycles. The van der Waals surface area contributed by atoms with Crippen LogP contribution in [0.4, 0.5) is 0 Å². The zero-order chi connectivity index (χ0) is 10.7. The Kier molecular flexibility index (Phi) is 4.00. The third kappa shape index (κ3) is 2.92. The summed E-state index contributed by atoms with van der Waals surface area (Å²) in [6.07, 6.45) is 6.45. The molecule has 2 fully saturated rings. The van der Waals surface area contributed by atoms with E-state index in [0.29, 0.717) is 12.1 Å². The van der Waals surface area contributed by atoms with Crippen molar-refractivity contribution in [3.8, 4) is 0 Å². The van der Waals surface area contributed by atoms with E-state index in [1.165, 1.54) is 38.8 Å². The zero-order valence-electron chi connectivity index (χ0n) is 9.82. The summed E-state index contributed by atoms with van der Waals surface area (Å²) in [6, 6.07) is 1.21. The van der Waals surface area contributed by atoms with Gasteiger partial charge in [-0.05, 0) is 45.2 Å². The molecule has 2 N–H and O–H groups in total. The van der Waals surface area contributed by atoms with Crippen molar-refractivity contribution < 1.29 is 4.74 Å². The van der Waals surface area contributed by atoms with E-state index in [1.807, 2.05) is 0 Å². The molecule has 2 heterocycles. The van der Waals surface area contributed by atoms with Gasteiger partial charge in [0.2, 0.25) is 0 Å². The summed E-state index contributed by atoms with van der Waals surface area (Å²) in [5.41, 5.74) is 5.93. The fraction of sp³-hybridized carbons (Fsp3) is 1.00. The SMILES string of the molecule is CCC1CC(N2CCC(N)CC2)CCO1. The van der Waals surface area contributed by atoms with Gasteiger partial charge in [0, 0.05) is 18.7 Å². The van der Waals surface area contributed by atoms with E-state index >= 15 is 0 Å². The second kappa shape index (κ2) is 5.28. The molecule has 0 amide bonds. The predicted molar refractivity (Wildman–Crippen MR) is 61.8 cm³/mol. The van der Waals surface area contributed by atoms with E-state index < -0.39 is 0 Å². The first kappa shape index (κ1) is 11.4. The summed E-state index contributed by atoms with van der Waals surface area (Å²) in [6.45, 7) is 5.56. The summed E-state index contributed by atoms with van der Waals surface area (Å²) in [5, 5.41) is 0. The van der Waals surface area contributed by atoms with Crippen molar-refractivity contribution in [3.05, 3.63) is 0 Å². The number of nitrogens with zero attached hydrogens (tertiary/aromatic N) is 1. The third-order valence-corrected chi connectivity index (χ3v) is 3.89. The third-order valence-electron chi connectivity index (χ3n) is 3.89.